The van der Waals surface area contributed by atoms with Crippen LogP contribution < -0.4 is 0 Å². The van der Waals surface area contributed by atoms with Crippen LogP contribution in [0.2, 0.25) is 5.02 Å². The molecule has 2 aromatic carbocycles. The van der Waals surface area contributed by atoms with Gasteiger partial charge in [-0.1, -0.05) is 35.9 Å². The highest BCUT2D eigenvalue weighted by Gasteiger charge is 2.07. The number of benzene rings is 2. The van der Waals surface area contributed by atoms with Gasteiger partial charge < -0.3 is 0 Å². The van der Waals surface area contributed by atoms with Gasteiger partial charge in [0.2, 0.25) is 5.78 Å². The van der Waals surface area contributed by atoms with Crippen LogP contribution in [-0.2, 0) is 0 Å². The molecule has 0 aliphatic rings. The average Bonchev–Trinajstić information content (AvgIpc) is 2.85. The Balaban J connectivity index is 1.97. The van der Waals surface area contributed by atoms with Crippen molar-refractivity contribution in [2.24, 2.45) is 0 Å². The number of halogens is 1. The van der Waals surface area contributed by atoms with Crippen molar-refractivity contribution in [3.8, 4) is 11.3 Å². The van der Waals surface area contributed by atoms with Gasteiger partial charge >= 0.3 is 0 Å². The number of imidazole rings is 1. The molecule has 0 amide bonds. The van der Waals surface area contributed by atoms with Gasteiger partial charge in [0.1, 0.15) is 0 Å². The van der Waals surface area contributed by atoms with Crippen LogP contribution >= 0.6 is 11.6 Å². The van der Waals surface area contributed by atoms with Gasteiger partial charge in [0.15, 0.2) is 0 Å². The number of para-hydroxylation sites is 2. The standard InChI is InChI=1S/C16H10ClN3/c17-12-5-3-4-11(10-12)13-8-9-20-15-7-2-1-6-14(15)19-16(20)18-13/h1-10H. The first-order chi connectivity index (χ1) is 9.81. The highest BCUT2D eigenvalue weighted by molar-refractivity contribution is 6.30. The van der Waals surface area contributed by atoms with Crippen LogP contribution in [0.1, 0.15) is 0 Å². The maximum Gasteiger partial charge on any atom is 0.235 e. The predicted molar refractivity (Wildman–Crippen MR) is 80.9 cm³/mol. The molecule has 0 bridgehead atoms. The fourth-order valence-electron chi connectivity index (χ4n) is 2.36. The minimum atomic E-state index is 0.698. The molecule has 3 nitrogen and oxygen atoms in total. The number of nitrogens with zero attached hydrogens (tertiary/aromatic N) is 3. The van der Waals surface area contributed by atoms with E-state index in [9.17, 15) is 0 Å². The summed E-state index contributed by atoms with van der Waals surface area (Å²) in [6, 6.07) is 17.7. The summed E-state index contributed by atoms with van der Waals surface area (Å²) in [7, 11) is 0. The molecular formula is C16H10ClN3. The van der Waals surface area contributed by atoms with E-state index in [1.165, 1.54) is 0 Å². The van der Waals surface area contributed by atoms with E-state index >= 15 is 0 Å². The molecule has 4 aromatic rings. The second-order valence-electron chi connectivity index (χ2n) is 4.59. The topological polar surface area (TPSA) is 30.2 Å². The third-order valence-corrected chi connectivity index (χ3v) is 3.53. The molecule has 0 aliphatic carbocycles. The fraction of sp³-hybridized carbons (Fsp3) is 0. The van der Waals surface area contributed by atoms with Crippen LogP contribution in [0.25, 0.3) is 28.1 Å². The lowest BCUT2D eigenvalue weighted by atomic mass is 10.1. The Kier molecular flexibility index (Phi) is 2.47. The van der Waals surface area contributed by atoms with Gasteiger partial charge in [-0.05, 0) is 30.3 Å². The number of rotatable bonds is 1. The molecule has 0 saturated heterocycles. The zero-order valence-corrected chi connectivity index (χ0v) is 11.2. The van der Waals surface area contributed by atoms with Crippen molar-refractivity contribution < 1.29 is 0 Å². The zero-order valence-electron chi connectivity index (χ0n) is 10.5. The number of hydrogen-bond donors (Lipinski definition) is 0. The van der Waals surface area contributed by atoms with Crippen LogP contribution in [0.15, 0.2) is 60.8 Å². The van der Waals surface area contributed by atoms with E-state index in [4.69, 9.17) is 11.6 Å². The Morgan fingerprint density at radius 1 is 0.900 bits per heavy atom. The highest BCUT2D eigenvalue weighted by atomic mass is 35.5. The Morgan fingerprint density at radius 3 is 2.70 bits per heavy atom. The Bertz CT molecular complexity index is 927. The maximum atomic E-state index is 6.03. The van der Waals surface area contributed by atoms with Crippen LogP contribution in [-0.4, -0.2) is 14.4 Å². The Hall–Kier alpha value is -2.39. The van der Waals surface area contributed by atoms with Gasteiger partial charge in [-0.3, -0.25) is 4.40 Å². The predicted octanol–water partition coefficient (Wildman–Crippen LogP) is 4.20. The summed E-state index contributed by atoms with van der Waals surface area (Å²) < 4.78 is 1.99. The molecule has 4 heteroatoms. The van der Waals surface area contributed by atoms with Crippen LogP contribution in [0.4, 0.5) is 0 Å². The lowest BCUT2D eigenvalue weighted by molar-refractivity contribution is 1.14. The summed E-state index contributed by atoms with van der Waals surface area (Å²) in [6.07, 6.45) is 1.99. The van der Waals surface area contributed by atoms with Gasteiger partial charge in [0.25, 0.3) is 0 Å². The fourth-order valence-corrected chi connectivity index (χ4v) is 2.55. The SMILES string of the molecule is Clc1cccc(-c2ccn3c(n2)nc2ccccc23)c1. The van der Waals surface area contributed by atoms with Crippen molar-refractivity contribution in [3.63, 3.8) is 0 Å². The van der Waals surface area contributed by atoms with Crippen molar-refractivity contribution in [1.29, 1.82) is 0 Å². The number of fused-ring (bicyclic) bond motifs is 3. The second kappa shape index (κ2) is 4.32. The first-order valence-electron chi connectivity index (χ1n) is 6.31. The van der Waals surface area contributed by atoms with Crippen LogP contribution in [0.5, 0.6) is 0 Å². The zero-order chi connectivity index (χ0) is 13.5. The van der Waals surface area contributed by atoms with Gasteiger partial charge in [0.05, 0.1) is 16.7 Å². The van der Waals surface area contributed by atoms with Gasteiger partial charge in [-0.2, -0.15) is 0 Å². The summed E-state index contributed by atoms with van der Waals surface area (Å²) in [6.45, 7) is 0. The lowest BCUT2D eigenvalue weighted by Gasteiger charge is -2.02. The third-order valence-electron chi connectivity index (χ3n) is 3.30. The Morgan fingerprint density at radius 2 is 1.80 bits per heavy atom. The normalized spacial score (nSPS) is 11.2. The minimum Gasteiger partial charge on any atom is -0.284 e. The smallest absolute Gasteiger partial charge is 0.235 e. The first kappa shape index (κ1) is 11.4. The molecule has 0 saturated carbocycles. The average molecular weight is 280 g/mol. The second-order valence-corrected chi connectivity index (χ2v) is 5.03. The number of hydrogen-bond acceptors (Lipinski definition) is 2. The van der Waals surface area contributed by atoms with E-state index in [1.807, 2.05) is 65.2 Å². The lowest BCUT2D eigenvalue weighted by Crippen LogP contribution is -1.91. The van der Waals surface area contributed by atoms with Crippen molar-refractivity contribution in [1.82, 2.24) is 14.4 Å². The van der Waals surface area contributed by atoms with E-state index in [0.717, 1.165) is 22.3 Å². The largest absolute Gasteiger partial charge is 0.284 e. The number of aromatic nitrogens is 3. The summed E-state index contributed by atoms with van der Waals surface area (Å²) in [5, 5.41) is 0.706. The van der Waals surface area contributed by atoms with Crippen molar-refractivity contribution in [3.05, 3.63) is 65.8 Å². The monoisotopic (exact) mass is 279 g/mol. The molecule has 96 valence electrons. The molecule has 2 heterocycles. The van der Waals surface area contributed by atoms with Crippen LogP contribution in [0, 0.1) is 0 Å². The molecule has 20 heavy (non-hydrogen) atoms. The molecule has 0 unspecified atom stereocenters. The molecule has 2 aromatic heterocycles. The molecule has 0 spiro atoms. The molecule has 0 N–H and O–H groups in total. The summed E-state index contributed by atoms with van der Waals surface area (Å²) >= 11 is 6.03. The van der Waals surface area contributed by atoms with Gasteiger partial charge in [-0.25, -0.2) is 9.97 Å². The van der Waals surface area contributed by atoms with Crippen molar-refractivity contribution in [2.75, 3.05) is 0 Å². The molecule has 0 aliphatic heterocycles. The molecule has 0 atom stereocenters. The molecule has 4 rings (SSSR count). The van der Waals surface area contributed by atoms with E-state index in [0.29, 0.717) is 10.8 Å². The highest BCUT2D eigenvalue weighted by Crippen LogP contribution is 2.22. The van der Waals surface area contributed by atoms with E-state index in [2.05, 4.69) is 9.97 Å². The summed E-state index contributed by atoms with van der Waals surface area (Å²) in [5.74, 6) is 0.698. The minimum absolute atomic E-state index is 0.698. The van der Waals surface area contributed by atoms with E-state index in [1.54, 1.807) is 0 Å². The van der Waals surface area contributed by atoms with E-state index in [-0.39, 0.29) is 0 Å². The van der Waals surface area contributed by atoms with Gasteiger partial charge in [0, 0.05) is 16.8 Å². The molecular weight excluding hydrogens is 270 g/mol. The summed E-state index contributed by atoms with van der Waals surface area (Å²) in [5.41, 5.74) is 3.87. The van der Waals surface area contributed by atoms with Gasteiger partial charge in [-0.15, -0.1) is 0 Å². The third kappa shape index (κ3) is 1.75. The Labute approximate surface area is 120 Å². The molecule has 0 radical (unpaired) electrons. The summed E-state index contributed by atoms with van der Waals surface area (Å²) in [4.78, 5) is 9.16. The van der Waals surface area contributed by atoms with Crippen molar-refractivity contribution >= 4 is 28.4 Å². The van der Waals surface area contributed by atoms with Crippen molar-refractivity contribution in [2.45, 2.75) is 0 Å². The quantitative estimate of drug-likeness (QED) is 0.523. The van der Waals surface area contributed by atoms with Crippen LogP contribution in [0.3, 0.4) is 0 Å². The van der Waals surface area contributed by atoms with E-state index < -0.39 is 0 Å². The first-order valence-corrected chi connectivity index (χ1v) is 6.69. The maximum absolute atomic E-state index is 6.03. The molecule has 0 fully saturated rings.